The van der Waals surface area contributed by atoms with Crippen LogP contribution in [0.4, 0.5) is 24.5 Å². The Hall–Kier alpha value is -1.83. The lowest BCUT2D eigenvalue weighted by molar-refractivity contribution is -0.385. The van der Waals surface area contributed by atoms with Gasteiger partial charge in [0.15, 0.2) is 0 Å². The zero-order chi connectivity index (χ0) is 16.0. The number of nitro benzene ring substituents is 1. The predicted octanol–water partition coefficient (Wildman–Crippen LogP) is 3.37. The highest BCUT2D eigenvalue weighted by Gasteiger charge is 2.35. The Balaban J connectivity index is 2.88. The molecule has 0 aliphatic rings. The normalized spacial score (nSPS) is 11.7. The highest BCUT2D eigenvalue weighted by atomic mass is 19.4. The maximum Gasteiger partial charge on any atom is 0.418 e. The molecule has 1 aromatic rings. The third-order valence-electron chi connectivity index (χ3n) is 3.16. The summed E-state index contributed by atoms with van der Waals surface area (Å²) in [5, 5.41) is 13.3. The van der Waals surface area contributed by atoms with Gasteiger partial charge in [0.2, 0.25) is 0 Å². The van der Waals surface area contributed by atoms with Crippen LogP contribution >= 0.6 is 0 Å². The molecule has 1 aromatic carbocycles. The van der Waals surface area contributed by atoms with Crippen LogP contribution < -0.4 is 5.32 Å². The summed E-state index contributed by atoms with van der Waals surface area (Å²) in [7, 11) is 0. The van der Waals surface area contributed by atoms with Gasteiger partial charge in [0.1, 0.15) is 0 Å². The minimum atomic E-state index is -4.64. The molecule has 0 radical (unpaired) electrons. The smallest absolute Gasteiger partial charge is 0.383 e. The Morgan fingerprint density at radius 3 is 2.38 bits per heavy atom. The van der Waals surface area contributed by atoms with E-state index in [1.54, 1.807) is 0 Å². The van der Waals surface area contributed by atoms with Crippen LogP contribution in [0.5, 0.6) is 0 Å². The monoisotopic (exact) mass is 305 g/mol. The molecular weight excluding hydrogens is 287 g/mol. The molecule has 0 fully saturated rings. The van der Waals surface area contributed by atoms with Crippen LogP contribution in [-0.2, 0) is 6.18 Å². The number of nitrogens with one attached hydrogen (secondary N) is 1. The molecule has 0 saturated heterocycles. The van der Waals surface area contributed by atoms with E-state index in [0.29, 0.717) is 19.2 Å². The fraction of sp³-hybridized carbons (Fsp3) is 0.538. The van der Waals surface area contributed by atoms with E-state index in [1.165, 1.54) is 0 Å². The number of nitrogens with zero attached hydrogens (tertiary/aromatic N) is 2. The number of benzene rings is 1. The number of nitro groups is 1. The van der Waals surface area contributed by atoms with Gasteiger partial charge in [0, 0.05) is 30.9 Å². The number of rotatable bonds is 7. The number of anilines is 1. The van der Waals surface area contributed by atoms with Crippen LogP contribution in [0, 0.1) is 10.1 Å². The van der Waals surface area contributed by atoms with E-state index in [2.05, 4.69) is 10.2 Å². The molecule has 1 N–H and O–H groups in total. The zero-order valence-electron chi connectivity index (χ0n) is 11.9. The average Bonchev–Trinajstić information content (AvgIpc) is 2.42. The first kappa shape index (κ1) is 17.2. The second-order valence-electron chi connectivity index (χ2n) is 4.44. The van der Waals surface area contributed by atoms with E-state index >= 15 is 0 Å². The van der Waals surface area contributed by atoms with E-state index in [-0.39, 0.29) is 5.69 Å². The first-order valence-electron chi connectivity index (χ1n) is 6.61. The molecule has 0 atom stereocenters. The summed E-state index contributed by atoms with van der Waals surface area (Å²) in [4.78, 5) is 11.8. The van der Waals surface area contributed by atoms with Gasteiger partial charge in [0.05, 0.1) is 10.5 Å². The largest absolute Gasteiger partial charge is 0.418 e. The van der Waals surface area contributed by atoms with Gasteiger partial charge in [-0.15, -0.1) is 0 Å². The number of halogens is 3. The topological polar surface area (TPSA) is 58.4 Å². The Bertz CT molecular complexity index is 488. The minimum absolute atomic E-state index is 0.139. The summed E-state index contributed by atoms with van der Waals surface area (Å²) in [5.41, 5.74) is -1.73. The molecule has 0 amide bonds. The summed E-state index contributed by atoms with van der Waals surface area (Å²) in [6.45, 7) is 6.49. The third-order valence-corrected chi connectivity index (χ3v) is 3.16. The summed E-state index contributed by atoms with van der Waals surface area (Å²) >= 11 is 0. The average molecular weight is 305 g/mol. The van der Waals surface area contributed by atoms with Crippen molar-refractivity contribution in [1.82, 2.24) is 4.90 Å². The molecule has 21 heavy (non-hydrogen) atoms. The van der Waals surface area contributed by atoms with Gasteiger partial charge in [-0.1, -0.05) is 13.8 Å². The zero-order valence-corrected chi connectivity index (χ0v) is 11.9. The van der Waals surface area contributed by atoms with Crippen molar-refractivity contribution < 1.29 is 18.1 Å². The van der Waals surface area contributed by atoms with Gasteiger partial charge < -0.3 is 10.2 Å². The Morgan fingerprint density at radius 1 is 1.29 bits per heavy atom. The maximum atomic E-state index is 12.9. The molecule has 0 bridgehead atoms. The minimum Gasteiger partial charge on any atom is -0.383 e. The molecule has 1 rings (SSSR count). The quantitative estimate of drug-likeness (QED) is 0.620. The maximum absolute atomic E-state index is 12.9. The van der Waals surface area contributed by atoms with E-state index in [0.717, 1.165) is 25.2 Å². The first-order chi connectivity index (χ1) is 9.79. The van der Waals surface area contributed by atoms with E-state index < -0.39 is 22.4 Å². The van der Waals surface area contributed by atoms with Gasteiger partial charge in [-0.05, 0) is 19.2 Å². The lowest BCUT2D eigenvalue weighted by atomic mass is 10.1. The first-order valence-corrected chi connectivity index (χ1v) is 6.61. The molecular formula is C13H18F3N3O2. The lowest BCUT2D eigenvalue weighted by Crippen LogP contribution is -2.29. The second kappa shape index (κ2) is 7.26. The summed E-state index contributed by atoms with van der Waals surface area (Å²) < 4.78 is 38.8. The van der Waals surface area contributed by atoms with Crippen molar-refractivity contribution in [2.45, 2.75) is 20.0 Å². The van der Waals surface area contributed by atoms with Gasteiger partial charge in [-0.2, -0.15) is 13.2 Å². The van der Waals surface area contributed by atoms with E-state index in [9.17, 15) is 23.3 Å². The highest BCUT2D eigenvalue weighted by molar-refractivity contribution is 5.57. The molecule has 0 heterocycles. The van der Waals surface area contributed by atoms with Crippen LogP contribution in [0.2, 0.25) is 0 Å². The van der Waals surface area contributed by atoms with Crippen LogP contribution in [0.1, 0.15) is 19.4 Å². The van der Waals surface area contributed by atoms with Crippen LogP contribution in [0.15, 0.2) is 18.2 Å². The Kier molecular flexibility index (Phi) is 5.95. The summed E-state index contributed by atoms with van der Waals surface area (Å²) in [6, 6.07) is 2.72. The van der Waals surface area contributed by atoms with Gasteiger partial charge >= 0.3 is 6.18 Å². The van der Waals surface area contributed by atoms with Crippen molar-refractivity contribution in [3.05, 3.63) is 33.9 Å². The molecule has 118 valence electrons. The van der Waals surface area contributed by atoms with Gasteiger partial charge in [-0.3, -0.25) is 10.1 Å². The lowest BCUT2D eigenvalue weighted by Gasteiger charge is -2.20. The number of non-ortho nitro benzene ring substituents is 1. The number of likely N-dealkylation sites (N-methyl/N-ethyl adjacent to an activating group) is 1. The highest BCUT2D eigenvalue weighted by Crippen LogP contribution is 2.36. The van der Waals surface area contributed by atoms with Crippen molar-refractivity contribution in [1.29, 1.82) is 0 Å². The number of alkyl halides is 3. The van der Waals surface area contributed by atoms with Crippen LogP contribution in [-0.4, -0.2) is 36.0 Å². The van der Waals surface area contributed by atoms with Crippen LogP contribution in [0.3, 0.4) is 0 Å². The standard InChI is InChI=1S/C13H18F3N3O2/c1-3-18(4-2)8-7-17-12-6-5-10(19(20)21)9-11(12)13(14,15)16/h5-6,9,17H,3-4,7-8H2,1-2H3. The molecule has 0 aromatic heterocycles. The van der Waals surface area contributed by atoms with Crippen LogP contribution in [0.25, 0.3) is 0 Å². The van der Waals surface area contributed by atoms with E-state index in [4.69, 9.17) is 0 Å². The Labute approximate surface area is 120 Å². The molecule has 0 unspecified atom stereocenters. The molecule has 8 heteroatoms. The second-order valence-corrected chi connectivity index (χ2v) is 4.44. The van der Waals surface area contributed by atoms with Gasteiger partial charge in [-0.25, -0.2) is 0 Å². The van der Waals surface area contributed by atoms with Crippen molar-refractivity contribution in [3.63, 3.8) is 0 Å². The third kappa shape index (κ3) is 4.89. The Morgan fingerprint density at radius 2 is 1.90 bits per heavy atom. The summed E-state index contributed by atoms with van der Waals surface area (Å²) in [5.74, 6) is 0. The fourth-order valence-electron chi connectivity index (χ4n) is 1.92. The van der Waals surface area contributed by atoms with Gasteiger partial charge in [0.25, 0.3) is 5.69 Å². The van der Waals surface area contributed by atoms with Crippen molar-refractivity contribution >= 4 is 11.4 Å². The van der Waals surface area contributed by atoms with Crippen molar-refractivity contribution in [3.8, 4) is 0 Å². The number of hydrogen-bond acceptors (Lipinski definition) is 4. The molecule has 5 nitrogen and oxygen atoms in total. The molecule has 0 spiro atoms. The molecule has 0 aliphatic carbocycles. The van der Waals surface area contributed by atoms with Crippen molar-refractivity contribution in [2.24, 2.45) is 0 Å². The van der Waals surface area contributed by atoms with Crippen molar-refractivity contribution in [2.75, 3.05) is 31.5 Å². The number of hydrogen-bond donors (Lipinski definition) is 1. The van der Waals surface area contributed by atoms with E-state index in [1.807, 2.05) is 13.8 Å². The SMILES string of the molecule is CCN(CC)CCNc1ccc([N+](=O)[O-])cc1C(F)(F)F. The predicted molar refractivity (Wildman–Crippen MR) is 74.4 cm³/mol. The summed E-state index contributed by atoms with van der Waals surface area (Å²) in [6.07, 6.45) is -4.64. The molecule has 0 aliphatic heterocycles. The molecule has 0 saturated carbocycles. The fourth-order valence-corrected chi connectivity index (χ4v) is 1.92.